The number of ketones is 1. The lowest BCUT2D eigenvalue weighted by molar-refractivity contribution is 0.0711. The van der Waals surface area contributed by atoms with Gasteiger partial charge in [-0.05, 0) is 44.9 Å². The van der Waals surface area contributed by atoms with Gasteiger partial charge in [0.25, 0.3) is 0 Å². The van der Waals surface area contributed by atoms with E-state index < -0.39 is 0 Å². The Morgan fingerprint density at radius 2 is 2.16 bits per heavy atom. The standard InChI is InChI=1S/C16H23NO2/c1-12-6-7-13(2)15(9-12)16(19)10-17-8-4-3-5-14(17)11-18/h6-7,9,14,18H,3-5,8,10-11H2,1-2H3. The molecule has 0 aliphatic carbocycles. The van der Waals surface area contributed by atoms with Crippen LogP contribution in [0.3, 0.4) is 0 Å². The number of likely N-dealkylation sites (tertiary alicyclic amines) is 1. The molecule has 1 aromatic rings. The Labute approximate surface area is 115 Å². The Kier molecular flexibility index (Phi) is 4.72. The number of hydrogen-bond acceptors (Lipinski definition) is 3. The topological polar surface area (TPSA) is 40.5 Å². The highest BCUT2D eigenvalue weighted by Gasteiger charge is 2.24. The Morgan fingerprint density at radius 3 is 2.89 bits per heavy atom. The van der Waals surface area contributed by atoms with Gasteiger partial charge in [0.2, 0.25) is 0 Å². The van der Waals surface area contributed by atoms with Crippen LogP contribution in [0.1, 0.15) is 40.7 Å². The number of aryl methyl sites for hydroxylation is 2. The Balaban J connectivity index is 2.09. The predicted octanol–water partition coefficient (Wildman–Crippen LogP) is 2.33. The molecule has 1 saturated heterocycles. The van der Waals surface area contributed by atoms with E-state index in [1.807, 2.05) is 32.0 Å². The summed E-state index contributed by atoms with van der Waals surface area (Å²) >= 11 is 0. The van der Waals surface area contributed by atoms with Gasteiger partial charge in [-0.2, -0.15) is 0 Å². The van der Waals surface area contributed by atoms with E-state index in [0.717, 1.165) is 42.5 Å². The minimum absolute atomic E-state index is 0.153. The number of piperidine rings is 1. The van der Waals surface area contributed by atoms with Crippen LogP contribution in [0.5, 0.6) is 0 Å². The first-order chi connectivity index (χ1) is 9.11. The van der Waals surface area contributed by atoms with Crippen LogP contribution in [0.15, 0.2) is 18.2 Å². The second-order valence-corrected chi connectivity index (χ2v) is 5.54. The number of aliphatic hydroxyl groups is 1. The van der Waals surface area contributed by atoms with Crippen molar-refractivity contribution in [3.63, 3.8) is 0 Å². The molecular formula is C16H23NO2. The average Bonchev–Trinajstić information content (AvgIpc) is 2.42. The fourth-order valence-electron chi connectivity index (χ4n) is 2.78. The second-order valence-electron chi connectivity index (χ2n) is 5.54. The summed E-state index contributed by atoms with van der Waals surface area (Å²) in [5, 5.41) is 9.39. The van der Waals surface area contributed by atoms with Crippen LogP contribution >= 0.6 is 0 Å². The third-order valence-electron chi connectivity index (χ3n) is 4.00. The summed E-state index contributed by atoms with van der Waals surface area (Å²) in [5.74, 6) is 0.168. The molecule has 1 unspecified atom stereocenters. The first-order valence-corrected chi connectivity index (χ1v) is 7.07. The first kappa shape index (κ1) is 14.2. The molecule has 1 aliphatic heterocycles. The predicted molar refractivity (Wildman–Crippen MR) is 76.5 cm³/mol. The van der Waals surface area contributed by atoms with E-state index in [0.29, 0.717) is 6.54 Å². The number of Topliss-reactive ketones (excluding diaryl/α,β-unsaturated/α-hetero) is 1. The molecule has 1 heterocycles. The van der Waals surface area contributed by atoms with Crippen LogP contribution in [0.4, 0.5) is 0 Å². The van der Waals surface area contributed by atoms with Crippen molar-refractivity contribution in [3.05, 3.63) is 34.9 Å². The molecule has 0 saturated carbocycles. The van der Waals surface area contributed by atoms with Crippen molar-refractivity contribution in [1.29, 1.82) is 0 Å². The fourth-order valence-corrected chi connectivity index (χ4v) is 2.78. The second kappa shape index (κ2) is 6.31. The first-order valence-electron chi connectivity index (χ1n) is 7.07. The number of aliphatic hydroxyl groups excluding tert-OH is 1. The highest BCUT2D eigenvalue weighted by molar-refractivity contribution is 5.99. The van der Waals surface area contributed by atoms with Crippen molar-refractivity contribution in [2.45, 2.75) is 39.2 Å². The van der Waals surface area contributed by atoms with Gasteiger partial charge >= 0.3 is 0 Å². The molecule has 0 bridgehead atoms. The number of carbonyl (C=O) groups excluding carboxylic acids is 1. The molecule has 1 atom stereocenters. The number of rotatable bonds is 4. The van der Waals surface area contributed by atoms with Gasteiger partial charge in [-0.1, -0.05) is 24.1 Å². The smallest absolute Gasteiger partial charge is 0.177 e. The van der Waals surface area contributed by atoms with Gasteiger partial charge in [0.05, 0.1) is 13.2 Å². The molecule has 1 fully saturated rings. The molecule has 1 aliphatic rings. The molecule has 104 valence electrons. The molecule has 0 radical (unpaired) electrons. The van der Waals surface area contributed by atoms with E-state index in [1.54, 1.807) is 0 Å². The molecule has 1 N–H and O–H groups in total. The largest absolute Gasteiger partial charge is 0.395 e. The highest BCUT2D eigenvalue weighted by Crippen LogP contribution is 2.18. The van der Waals surface area contributed by atoms with E-state index in [1.165, 1.54) is 0 Å². The number of nitrogens with zero attached hydrogens (tertiary/aromatic N) is 1. The minimum atomic E-state index is 0.153. The molecule has 2 rings (SSSR count). The van der Waals surface area contributed by atoms with Crippen LogP contribution < -0.4 is 0 Å². The van der Waals surface area contributed by atoms with Crippen molar-refractivity contribution in [1.82, 2.24) is 4.90 Å². The summed E-state index contributed by atoms with van der Waals surface area (Å²) in [7, 11) is 0. The van der Waals surface area contributed by atoms with Gasteiger partial charge in [0.15, 0.2) is 5.78 Å². The van der Waals surface area contributed by atoms with Gasteiger partial charge in [-0.15, -0.1) is 0 Å². The summed E-state index contributed by atoms with van der Waals surface area (Å²) in [6, 6.07) is 6.16. The van der Waals surface area contributed by atoms with Crippen molar-refractivity contribution < 1.29 is 9.90 Å². The number of carbonyl (C=O) groups is 1. The monoisotopic (exact) mass is 261 g/mol. The minimum Gasteiger partial charge on any atom is -0.395 e. The summed E-state index contributed by atoms with van der Waals surface area (Å²) in [6.07, 6.45) is 3.27. The van der Waals surface area contributed by atoms with Crippen LogP contribution in [0, 0.1) is 13.8 Å². The maximum Gasteiger partial charge on any atom is 0.177 e. The van der Waals surface area contributed by atoms with E-state index in [9.17, 15) is 9.90 Å². The van der Waals surface area contributed by atoms with Crippen molar-refractivity contribution in [2.75, 3.05) is 19.7 Å². The number of benzene rings is 1. The summed E-state index contributed by atoms with van der Waals surface area (Å²) in [6.45, 7) is 5.48. The fraction of sp³-hybridized carbons (Fsp3) is 0.562. The molecule has 19 heavy (non-hydrogen) atoms. The lowest BCUT2D eigenvalue weighted by Gasteiger charge is -2.34. The SMILES string of the molecule is Cc1ccc(C)c(C(=O)CN2CCCCC2CO)c1. The quantitative estimate of drug-likeness (QED) is 0.846. The Morgan fingerprint density at radius 1 is 1.37 bits per heavy atom. The van der Waals surface area contributed by atoms with Crippen molar-refractivity contribution in [3.8, 4) is 0 Å². The van der Waals surface area contributed by atoms with Crippen LogP contribution in [0.25, 0.3) is 0 Å². The maximum atomic E-state index is 12.4. The Hall–Kier alpha value is -1.19. The summed E-state index contributed by atoms with van der Waals surface area (Å²) < 4.78 is 0. The van der Waals surface area contributed by atoms with Crippen LogP contribution in [0.2, 0.25) is 0 Å². The number of hydrogen-bond donors (Lipinski definition) is 1. The molecule has 3 nitrogen and oxygen atoms in total. The van der Waals surface area contributed by atoms with Gasteiger partial charge in [-0.3, -0.25) is 9.69 Å². The molecule has 0 spiro atoms. The van der Waals surface area contributed by atoms with Crippen molar-refractivity contribution in [2.24, 2.45) is 0 Å². The normalized spacial score (nSPS) is 20.5. The van der Waals surface area contributed by atoms with Crippen molar-refractivity contribution >= 4 is 5.78 Å². The average molecular weight is 261 g/mol. The van der Waals surface area contributed by atoms with E-state index in [4.69, 9.17) is 0 Å². The maximum absolute atomic E-state index is 12.4. The molecule has 3 heteroatoms. The van der Waals surface area contributed by atoms with Gasteiger partial charge in [-0.25, -0.2) is 0 Å². The van der Waals surface area contributed by atoms with E-state index in [2.05, 4.69) is 4.90 Å². The zero-order chi connectivity index (χ0) is 13.8. The van der Waals surface area contributed by atoms with Gasteiger partial charge in [0, 0.05) is 11.6 Å². The van der Waals surface area contributed by atoms with Crippen LogP contribution in [-0.4, -0.2) is 41.5 Å². The van der Waals surface area contributed by atoms with Crippen LogP contribution in [-0.2, 0) is 0 Å². The molecule has 0 amide bonds. The molecule has 1 aromatic carbocycles. The molecular weight excluding hydrogens is 238 g/mol. The zero-order valence-corrected chi connectivity index (χ0v) is 11.9. The lowest BCUT2D eigenvalue weighted by Crippen LogP contribution is -2.44. The van der Waals surface area contributed by atoms with E-state index >= 15 is 0 Å². The molecule has 0 aromatic heterocycles. The third kappa shape index (κ3) is 3.43. The Bertz CT molecular complexity index is 456. The zero-order valence-electron chi connectivity index (χ0n) is 11.9. The van der Waals surface area contributed by atoms with Gasteiger partial charge in [0.1, 0.15) is 0 Å². The summed E-state index contributed by atoms with van der Waals surface area (Å²) in [5.41, 5.74) is 2.97. The highest BCUT2D eigenvalue weighted by atomic mass is 16.3. The van der Waals surface area contributed by atoms with E-state index in [-0.39, 0.29) is 18.4 Å². The lowest BCUT2D eigenvalue weighted by atomic mass is 9.99. The third-order valence-corrected chi connectivity index (χ3v) is 4.00. The van der Waals surface area contributed by atoms with Gasteiger partial charge < -0.3 is 5.11 Å². The summed E-state index contributed by atoms with van der Waals surface area (Å²) in [4.78, 5) is 14.6.